The molecule has 4 heteroatoms. The van der Waals surface area contributed by atoms with Gasteiger partial charge < -0.3 is 9.80 Å². The van der Waals surface area contributed by atoms with Crippen molar-refractivity contribution in [1.29, 1.82) is 0 Å². The number of hydrogen-bond acceptors (Lipinski definition) is 2. The van der Waals surface area contributed by atoms with Crippen molar-refractivity contribution < 1.29 is 9.59 Å². The molecule has 1 heterocycles. The van der Waals surface area contributed by atoms with Gasteiger partial charge in [-0.3, -0.25) is 9.59 Å². The standard InChI is InChI=1S/C12H22N2O2/c1-5-7-9-11(15)14(4)10(8-6-2)12(16)13(9)3/h9-10H,5-8H2,1-4H3. The van der Waals surface area contributed by atoms with Crippen LogP contribution in [-0.2, 0) is 9.59 Å². The molecule has 0 aromatic rings. The van der Waals surface area contributed by atoms with E-state index in [0.29, 0.717) is 0 Å². The summed E-state index contributed by atoms with van der Waals surface area (Å²) in [6, 6.07) is -0.508. The quantitative estimate of drug-likeness (QED) is 0.724. The predicted molar refractivity (Wildman–Crippen MR) is 62.9 cm³/mol. The Labute approximate surface area is 97.6 Å². The molecular formula is C12H22N2O2. The number of amides is 2. The summed E-state index contributed by atoms with van der Waals surface area (Å²) in [7, 11) is 3.49. The van der Waals surface area contributed by atoms with Crippen LogP contribution < -0.4 is 0 Å². The van der Waals surface area contributed by atoms with Crippen molar-refractivity contribution in [3.8, 4) is 0 Å². The maximum absolute atomic E-state index is 12.1. The van der Waals surface area contributed by atoms with Crippen LogP contribution in [0.2, 0.25) is 0 Å². The number of hydrogen-bond donors (Lipinski definition) is 0. The van der Waals surface area contributed by atoms with Gasteiger partial charge in [-0.2, -0.15) is 0 Å². The zero-order chi connectivity index (χ0) is 12.3. The SMILES string of the molecule is CCCC1C(=O)N(C)C(CCC)C(=O)N1C. The minimum atomic E-state index is -0.254. The Bertz CT molecular complexity index is 250. The van der Waals surface area contributed by atoms with Crippen molar-refractivity contribution in [2.75, 3.05) is 14.1 Å². The average Bonchev–Trinajstić information content (AvgIpc) is 2.28. The van der Waals surface area contributed by atoms with Crippen LogP contribution in [-0.4, -0.2) is 47.8 Å². The van der Waals surface area contributed by atoms with Crippen LogP contribution in [0.4, 0.5) is 0 Å². The molecule has 1 aliphatic heterocycles. The second-order valence-electron chi connectivity index (χ2n) is 4.51. The van der Waals surface area contributed by atoms with Gasteiger partial charge in [0.05, 0.1) is 0 Å². The van der Waals surface area contributed by atoms with E-state index in [0.717, 1.165) is 25.7 Å². The molecule has 1 aliphatic rings. The second-order valence-corrected chi connectivity index (χ2v) is 4.51. The molecule has 1 rings (SSSR count). The fraction of sp³-hybridized carbons (Fsp3) is 0.833. The van der Waals surface area contributed by atoms with Crippen LogP contribution in [0.15, 0.2) is 0 Å². The molecule has 0 aromatic heterocycles. The fourth-order valence-corrected chi connectivity index (χ4v) is 2.29. The molecule has 0 N–H and O–H groups in total. The minimum Gasteiger partial charge on any atom is -0.332 e. The molecule has 92 valence electrons. The van der Waals surface area contributed by atoms with Gasteiger partial charge in [0.25, 0.3) is 0 Å². The van der Waals surface area contributed by atoms with E-state index < -0.39 is 0 Å². The highest BCUT2D eigenvalue weighted by Gasteiger charge is 2.41. The molecule has 0 saturated carbocycles. The third-order valence-corrected chi connectivity index (χ3v) is 3.32. The molecule has 0 aliphatic carbocycles. The van der Waals surface area contributed by atoms with Gasteiger partial charge in [-0.15, -0.1) is 0 Å². The van der Waals surface area contributed by atoms with Crippen LogP contribution in [0.3, 0.4) is 0 Å². The molecule has 0 radical (unpaired) electrons. The summed E-state index contributed by atoms with van der Waals surface area (Å²) >= 11 is 0. The van der Waals surface area contributed by atoms with Gasteiger partial charge in [0, 0.05) is 14.1 Å². The number of likely N-dealkylation sites (N-methyl/N-ethyl adjacent to an activating group) is 2. The first-order valence-electron chi connectivity index (χ1n) is 6.07. The largest absolute Gasteiger partial charge is 0.332 e. The molecule has 0 aromatic carbocycles. The van der Waals surface area contributed by atoms with E-state index in [1.807, 2.05) is 13.8 Å². The van der Waals surface area contributed by atoms with E-state index in [-0.39, 0.29) is 23.9 Å². The van der Waals surface area contributed by atoms with Crippen LogP contribution in [0.25, 0.3) is 0 Å². The highest BCUT2D eigenvalue weighted by atomic mass is 16.2. The zero-order valence-electron chi connectivity index (χ0n) is 10.7. The first kappa shape index (κ1) is 13.0. The lowest BCUT2D eigenvalue weighted by Gasteiger charge is -2.41. The summed E-state index contributed by atoms with van der Waals surface area (Å²) in [6.07, 6.45) is 3.34. The van der Waals surface area contributed by atoms with Crippen molar-refractivity contribution in [3.05, 3.63) is 0 Å². The Balaban J connectivity index is 2.86. The fourth-order valence-electron chi connectivity index (χ4n) is 2.29. The number of rotatable bonds is 4. The van der Waals surface area contributed by atoms with Gasteiger partial charge in [0.1, 0.15) is 12.1 Å². The molecule has 2 unspecified atom stereocenters. The van der Waals surface area contributed by atoms with Gasteiger partial charge in [0.15, 0.2) is 0 Å². The Hall–Kier alpha value is -1.06. The predicted octanol–water partition coefficient (Wildman–Crippen LogP) is 1.25. The summed E-state index contributed by atoms with van der Waals surface area (Å²) in [5.74, 6) is 0.171. The van der Waals surface area contributed by atoms with E-state index in [1.165, 1.54) is 0 Å². The van der Waals surface area contributed by atoms with E-state index in [9.17, 15) is 9.59 Å². The lowest BCUT2D eigenvalue weighted by atomic mass is 9.99. The minimum absolute atomic E-state index is 0.0856. The van der Waals surface area contributed by atoms with E-state index in [4.69, 9.17) is 0 Å². The van der Waals surface area contributed by atoms with Crippen LogP contribution in [0.5, 0.6) is 0 Å². The molecule has 0 bridgehead atoms. The Morgan fingerprint density at radius 2 is 1.19 bits per heavy atom. The Kier molecular flexibility index (Phi) is 4.33. The number of carbonyl (C=O) groups excluding carboxylic acids is 2. The van der Waals surface area contributed by atoms with Gasteiger partial charge >= 0.3 is 0 Å². The van der Waals surface area contributed by atoms with Gasteiger partial charge in [-0.25, -0.2) is 0 Å². The number of nitrogens with zero attached hydrogens (tertiary/aromatic N) is 2. The first-order valence-corrected chi connectivity index (χ1v) is 6.07. The second kappa shape index (κ2) is 5.32. The zero-order valence-corrected chi connectivity index (χ0v) is 10.7. The van der Waals surface area contributed by atoms with E-state index in [1.54, 1.807) is 23.9 Å². The van der Waals surface area contributed by atoms with Gasteiger partial charge in [-0.05, 0) is 12.8 Å². The van der Waals surface area contributed by atoms with Crippen LogP contribution in [0.1, 0.15) is 39.5 Å². The summed E-state index contributed by atoms with van der Waals surface area (Å²) in [4.78, 5) is 27.4. The Morgan fingerprint density at radius 3 is 1.44 bits per heavy atom. The molecule has 2 amide bonds. The summed E-state index contributed by atoms with van der Waals surface area (Å²) < 4.78 is 0. The summed E-state index contributed by atoms with van der Waals surface area (Å²) in [5.41, 5.74) is 0. The molecule has 0 spiro atoms. The monoisotopic (exact) mass is 226 g/mol. The topological polar surface area (TPSA) is 40.6 Å². The molecule has 2 atom stereocenters. The summed E-state index contributed by atoms with van der Waals surface area (Å²) in [6.45, 7) is 4.06. The number of piperazine rings is 1. The van der Waals surface area contributed by atoms with E-state index >= 15 is 0 Å². The van der Waals surface area contributed by atoms with Crippen molar-refractivity contribution in [3.63, 3.8) is 0 Å². The molecule has 16 heavy (non-hydrogen) atoms. The van der Waals surface area contributed by atoms with Crippen molar-refractivity contribution >= 4 is 11.8 Å². The highest BCUT2D eigenvalue weighted by Crippen LogP contribution is 2.21. The van der Waals surface area contributed by atoms with Crippen LogP contribution >= 0.6 is 0 Å². The molecule has 1 fully saturated rings. The first-order chi connectivity index (χ1) is 7.54. The normalized spacial score (nSPS) is 26.5. The summed E-state index contributed by atoms with van der Waals surface area (Å²) in [5, 5.41) is 0. The smallest absolute Gasteiger partial charge is 0.245 e. The van der Waals surface area contributed by atoms with Crippen molar-refractivity contribution in [2.45, 2.75) is 51.6 Å². The van der Waals surface area contributed by atoms with Crippen molar-refractivity contribution in [2.24, 2.45) is 0 Å². The third kappa shape index (κ3) is 2.20. The lowest BCUT2D eigenvalue weighted by Crippen LogP contribution is -2.62. The number of carbonyl (C=O) groups is 2. The third-order valence-electron chi connectivity index (χ3n) is 3.32. The highest BCUT2D eigenvalue weighted by molar-refractivity contribution is 5.96. The lowest BCUT2D eigenvalue weighted by molar-refractivity contribution is -0.159. The van der Waals surface area contributed by atoms with Crippen molar-refractivity contribution in [1.82, 2.24) is 9.80 Å². The Morgan fingerprint density at radius 1 is 0.875 bits per heavy atom. The maximum Gasteiger partial charge on any atom is 0.245 e. The van der Waals surface area contributed by atoms with Crippen LogP contribution in [0, 0.1) is 0 Å². The van der Waals surface area contributed by atoms with Gasteiger partial charge in [0.2, 0.25) is 11.8 Å². The maximum atomic E-state index is 12.1. The van der Waals surface area contributed by atoms with E-state index in [2.05, 4.69) is 0 Å². The molecular weight excluding hydrogens is 204 g/mol. The molecule has 1 saturated heterocycles. The molecule has 4 nitrogen and oxygen atoms in total. The van der Waals surface area contributed by atoms with Gasteiger partial charge in [-0.1, -0.05) is 26.7 Å². The average molecular weight is 226 g/mol.